The minimum Gasteiger partial charge on any atom is -0.325 e. The fraction of sp³-hybridized carbons (Fsp3) is 0.917. The third kappa shape index (κ3) is 2.98. The van der Waals surface area contributed by atoms with E-state index < -0.39 is 0 Å². The highest BCUT2D eigenvalue weighted by Crippen LogP contribution is 2.68. The number of hydrogen-bond acceptors (Lipinski definition) is 2. The summed E-state index contributed by atoms with van der Waals surface area (Å²) in [6.45, 7) is 8.76. The predicted octanol–water partition coefficient (Wildman–Crippen LogP) is 6.70. The number of halogens is 1. The lowest BCUT2D eigenvalue weighted by Crippen LogP contribution is -2.67. The molecule has 0 radical (unpaired) electrons. The zero-order valence-corrected chi connectivity index (χ0v) is 17.6. The van der Waals surface area contributed by atoms with Crippen LogP contribution >= 0.6 is 0 Å². The Kier molecular flexibility index (Phi) is 5.15. The van der Waals surface area contributed by atoms with Crippen LogP contribution in [-0.2, 0) is 4.94 Å². The molecular formula is C24H40FNO. The Morgan fingerprint density at radius 3 is 2.56 bits per heavy atom. The first-order valence-electron chi connectivity index (χ1n) is 11.6. The second kappa shape index (κ2) is 7.04. The van der Waals surface area contributed by atoms with Crippen LogP contribution in [0.15, 0.2) is 12.3 Å². The molecule has 0 saturated heterocycles. The topological polar surface area (TPSA) is 35.2 Å². The maximum Gasteiger partial charge on any atom is 0.141 e. The molecule has 2 nitrogen and oxygen atoms in total. The van der Waals surface area contributed by atoms with E-state index in [4.69, 9.17) is 5.73 Å². The van der Waals surface area contributed by atoms with Crippen LogP contribution in [0, 0.1) is 34.5 Å². The molecule has 4 aliphatic rings. The molecule has 0 aromatic rings. The number of rotatable bonds is 5. The van der Waals surface area contributed by atoms with Gasteiger partial charge in [-0.05, 0) is 98.7 Å². The molecule has 0 amide bonds. The Balaban J connectivity index is 1.51. The fourth-order valence-corrected chi connectivity index (χ4v) is 8.68. The molecule has 4 aliphatic carbocycles. The molecule has 0 aromatic heterocycles. The molecule has 0 bridgehead atoms. The van der Waals surface area contributed by atoms with Crippen molar-refractivity contribution in [3.05, 3.63) is 12.3 Å². The van der Waals surface area contributed by atoms with Gasteiger partial charge in [0.05, 0.1) is 0 Å². The Morgan fingerprint density at radius 1 is 1.00 bits per heavy atom. The van der Waals surface area contributed by atoms with Crippen LogP contribution in [0.4, 0.5) is 4.53 Å². The number of hydrogen-bond donors (Lipinski definition) is 1. The van der Waals surface area contributed by atoms with Crippen molar-refractivity contribution in [3.8, 4) is 0 Å². The molecule has 7 unspecified atom stereocenters. The van der Waals surface area contributed by atoms with Crippen molar-refractivity contribution in [2.75, 3.05) is 0 Å². The highest BCUT2D eigenvalue weighted by atomic mass is 19.3. The summed E-state index contributed by atoms with van der Waals surface area (Å²) in [5.74, 6) is 3.32. The normalized spacial score (nSPS) is 49.0. The van der Waals surface area contributed by atoms with Gasteiger partial charge in [0.15, 0.2) is 0 Å². The SMILES string of the molecule is C=C(CCCC1CCC2C1(C)CCC1C3(C)CCCCC3CCC12N)OF. The van der Waals surface area contributed by atoms with Crippen molar-refractivity contribution >= 4 is 0 Å². The van der Waals surface area contributed by atoms with E-state index in [2.05, 4.69) is 25.4 Å². The lowest BCUT2D eigenvalue weighted by atomic mass is 9.42. The average molecular weight is 378 g/mol. The second-order valence-corrected chi connectivity index (χ2v) is 11.0. The van der Waals surface area contributed by atoms with Gasteiger partial charge in [0.25, 0.3) is 0 Å². The molecule has 0 spiro atoms. The Morgan fingerprint density at radius 2 is 1.78 bits per heavy atom. The van der Waals surface area contributed by atoms with E-state index in [0.29, 0.717) is 23.2 Å². The summed E-state index contributed by atoms with van der Waals surface area (Å²) >= 11 is 0. The monoisotopic (exact) mass is 377 g/mol. The quantitative estimate of drug-likeness (QED) is 0.541. The minimum absolute atomic E-state index is 0.0516. The average Bonchev–Trinajstić information content (AvgIpc) is 2.98. The summed E-state index contributed by atoms with van der Waals surface area (Å²) in [5, 5.41) is 0. The minimum atomic E-state index is 0.0516. The van der Waals surface area contributed by atoms with Crippen LogP contribution in [-0.4, -0.2) is 5.54 Å². The highest BCUT2D eigenvalue weighted by molar-refractivity contribution is 5.17. The molecule has 4 rings (SSSR count). The van der Waals surface area contributed by atoms with E-state index in [-0.39, 0.29) is 11.3 Å². The third-order valence-electron chi connectivity index (χ3n) is 10.1. The smallest absolute Gasteiger partial charge is 0.141 e. The van der Waals surface area contributed by atoms with Gasteiger partial charge in [0.2, 0.25) is 0 Å². The van der Waals surface area contributed by atoms with Crippen LogP contribution in [0.25, 0.3) is 0 Å². The van der Waals surface area contributed by atoms with Crippen LogP contribution in [0.2, 0.25) is 0 Å². The molecular weight excluding hydrogens is 337 g/mol. The molecule has 7 atom stereocenters. The lowest BCUT2D eigenvalue weighted by Gasteiger charge is -2.65. The summed E-state index contributed by atoms with van der Waals surface area (Å²) in [6.07, 6.45) is 16.3. The maximum atomic E-state index is 12.2. The Labute approximate surface area is 165 Å². The maximum absolute atomic E-state index is 12.2. The summed E-state index contributed by atoms with van der Waals surface area (Å²) in [7, 11) is 0. The first-order valence-corrected chi connectivity index (χ1v) is 11.6. The second-order valence-electron chi connectivity index (χ2n) is 11.0. The van der Waals surface area contributed by atoms with Crippen molar-refractivity contribution in [2.45, 2.75) is 103 Å². The zero-order chi connectivity index (χ0) is 19.3. The number of fused-ring (bicyclic) bond motifs is 5. The van der Waals surface area contributed by atoms with Crippen LogP contribution in [0.1, 0.15) is 97.3 Å². The molecule has 0 aromatic carbocycles. The van der Waals surface area contributed by atoms with Crippen LogP contribution < -0.4 is 5.73 Å². The summed E-state index contributed by atoms with van der Waals surface area (Å²) in [4.78, 5) is 3.78. The van der Waals surface area contributed by atoms with Gasteiger partial charge < -0.3 is 5.73 Å². The van der Waals surface area contributed by atoms with Gasteiger partial charge in [-0.25, -0.2) is 0 Å². The van der Waals surface area contributed by atoms with Gasteiger partial charge in [0.1, 0.15) is 5.76 Å². The summed E-state index contributed by atoms with van der Waals surface area (Å²) in [6, 6.07) is 0. The van der Waals surface area contributed by atoms with E-state index in [1.807, 2.05) is 0 Å². The van der Waals surface area contributed by atoms with Gasteiger partial charge in [-0.1, -0.05) is 33.3 Å². The Hall–Kier alpha value is -0.570. The van der Waals surface area contributed by atoms with Gasteiger partial charge in [-0.2, -0.15) is 0 Å². The van der Waals surface area contributed by atoms with E-state index in [1.54, 1.807) is 0 Å². The van der Waals surface area contributed by atoms with Crippen molar-refractivity contribution in [1.82, 2.24) is 0 Å². The Bertz CT molecular complexity index is 579. The molecule has 3 heteroatoms. The molecule has 154 valence electrons. The van der Waals surface area contributed by atoms with E-state index in [0.717, 1.165) is 30.6 Å². The van der Waals surface area contributed by atoms with Crippen molar-refractivity contribution in [1.29, 1.82) is 0 Å². The van der Waals surface area contributed by atoms with Gasteiger partial charge >= 0.3 is 0 Å². The number of allylic oxidation sites excluding steroid dienone is 1. The first-order chi connectivity index (χ1) is 12.8. The molecule has 0 heterocycles. The van der Waals surface area contributed by atoms with E-state index in [1.165, 1.54) is 64.2 Å². The fourth-order valence-electron chi connectivity index (χ4n) is 8.68. The lowest BCUT2D eigenvalue weighted by molar-refractivity contribution is -0.126. The molecule has 2 N–H and O–H groups in total. The number of nitrogens with two attached hydrogens (primary N) is 1. The standard InChI is InChI=1S/C24H40FNO/c1-17(27-25)7-6-9-18-10-11-20-23(18,3)15-13-21-22(2)14-5-4-8-19(22)12-16-24(20,21)26/h18-21H,1,4-16,26H2,2-3H3. The van der Waals surface area contributed by atoms with Gasteiger partial charge in [-0.3, -0.25) is 4.94 Å². The van der Waals surface area contributed by atoms with E-state index in [9.17, 15) is 4.53 Å². The van der Waals surface area contributed by atoms with Crippen molar-refractivity contribution < 1.29 is 9.47 Å². The van der Waals surface area contributed by atoms with Gasteiger partial charge in [0, 0.05) is 16.5 Å². The van der Waals surface area contributed by atoms with Crippen LogP contribution in [0.5, 0.6) is 0 Å². The van der Waals surface area contributed by atoms with Gasteiger partial charge in [-0.15, -0.1) is 0 Å². The molecule has 0 aliphatic heterocycles. The highest BCUT2D eigenvalue weighted by Gasteiger charge is 2.64. The largest absolute Gasteiger partial charge is 0.325 e. The predicted molar refractivity (Wildman–Crippen MR) is 108 cm³/mol. The van der Waals surface area contributed by atoms with Crippen LogP contribution in [0.3, 0.4) is 0 Å². The molecule has 4 saturated carbocycles. The first kappa shape index (κ1) is 19.7. The summed E-state index contributed by atoms with van der Waals surface area (Å²) in [5.41, 5.74) is 8.32. The molecule has 27 heavy (non-hydrogen) atoms. The van der Waals surface area contributed by atoms with Crippen molar-refractivity contribution in [3.63, 3.8) is 0 Å². The van der Waals surface area contributed by atoms with E-state index >= 15 is 0 Å². The zero-order valence-electron chi connectivity index (χ0n) is 17.6. The van der Waals surface area contributed by atoms with Crippen molar-refractivity contribution in [2.24, 2.45) is 40.2 Å². The third-order valence-corrected chi connectivity index (χ3v) is 10.1. The molecule has 4 fully saturated rings. The summed E-state index contributed by atoms with van der Waals surface area (Å²) < 4.78 is 12.2.